The molecule has 0 bridgehead atoms. The molecule has 122 valence electrons. The zero-order valence-corrected chi connectivity index (χ0v) is 16.0. The van der Waals surface area contributed by atoms with Crippen molar-refractivity contribution < 1.29 is 19.1 Å². The first-order chi connectivity index (χ1) is 10.9. The number of amides is 1. The van der Waals surface area contributed by atoms with Crippen molar-refractivity contribution in [2.75, 3.05) is 0 Å². The van der Waals surface area contributed by atoms with Crippen molar-refractivity contribution in [3.05, 3.63) is 32.6 Å². The molecule has 1 unspecified atom stereocenters. The van der Waals surface area contributed by atoms with Gasteiger partial charge >= 0.3 is 5.97 Å². The van der Waals surface area contributed by atoms with Gasteiger partial charge in [0.15, 0.2) is 5.17 Å². The van der Waals surface area contributed by atoms with Crippen LogP contribution in [0.1, 0.15) is 17.5 Å². The molecule has 1 fully saturated rings. The number of carboxylic acids is 1. The summed E-state index contributed by atoms with van der Waals surface area (Å²) >= 11 is 6.27. The zero-order valence-electron chi connectivity index (χ0n) is 11.4. The fourth-order valence-corrected chi connectivity index (χ4v) is 4.54. The van der Waals surface area contributed by atoms with Gasteiger partial charge in [-0.05, 0) is 40.3 Å². The van der Waals surface area contributed by atoms with Gasteiger partial charge in [-0.2, -0.15) is 5.10 Å². The number of hydrogen-bond donors (Lipinski definition) is 2. The molecule has 1 aliphatic heterocycles. The van der Waals surface area contributed by atoms with Crippen LogP contribution in [0.15, 0.2) is 22.3 Å². The first-order valence-corrected chi connectivity index (χ1v) is 9.33. The van der Waals surface area contributed by atoms with Gasteiger partial charge in [-0.3, -0.25) is 9.59 Å². The summed E-state index contributed by atoms with van der Waals surface area (Å²) in [6, 6.07) is 3.10. The van der Waals surface area contributed by atoms with E-state index in [1.807, 2.05) is 22.6 Å². The molecule has 0 saturated carbocycles. The average Bonchev–Trinajstić information content (AvgIpc) is 2.78. The summed E-state index contributed by atoms with van der Waals surface area (Å²) < 4.78 is 14.6. The van der Waals surface area contributed by atoms with Crippen LogP contribution in [0.2, 0.25) is 0 Å². The molecule has 6 nitrogen and oxygen atoms in total. The number of carbonyl (C=O) groups is 2. The highest BCUT2D eigenvalue weighted by molar-refractivity contribution is 14.1. The number of thioether (sulfide) groups is 1. The van der Waals surface area contributed by atoms with Gasteiger partial charge in [0.25, 0.3) is 0 Å². The van der Waals surface area contributed by atoms with Gasteiger partial charge in [0, 0.05) is 14.5 Å². The van der Waals surface area contributed by atoms with E-state index in [1.54, 1.807) is 6.07 Å². The molecule has 1 saturated heterocycles. The maximum absolute atomic E-state index is 13.8. The first-order valence-electron chi connectivity index (χ1n) is 6.25. The summed E-state index contributed by atoms with van der Waals surface area (Å²) in [6.45, 7) is 0. The minimum atomic E-state index is -1.06. The smallest absolute Gasteiger partial charge is 0.305 e. The number of aliphatic carboxylic acids is 1. The lowest BCUT2D eigenvalue weighted by atomic mass is 10.1. The highest BCUT2D eigenvalue weighted by Gasteiger charge is 2.32. The van der Waals surface area contributed by atoms with Crippen molar-refractivity contribution in [1.82, 2.24) is 5.32 Å². The topological polar surface area (TPSA) is 91.1 Å². The number of amidine groups is 1. The number of carbonyl (C=O) groups excluding carboxylic acids is 1. The van der Waals surface area contributed by atoms with Crippen LogP contribution in [0.4, 0.5) is 4.39 Å². The fourth-order valence-electron chi connectivity index (χ4n) is 1.72. The Kier molecular flexibility index (Phi) is 6.53. The van der Waals surface area contributed by atoms with Crippen LogP contribution in [0.25, 0.3) is 0 Å². The third-order valence-corrected chi connectivity index (χ3v) is 5.38. The first kappa shape index (κ1) is 18.3. The van der Waals surface area contributed by atoms with Crippen molar-refractivity contribution in [3.8, 4) is 0 Å². The Balaban J connectivity index is 2.07. The third-order valence-electron chi connectivity index (χ3n) is 2.79. The highest BCUT2D eigenvalue weighted by atomic mass is 127. The van der Waals surface area contributed by atoms with Crippen molar-refractivity contribution in [2.45, 2.75) is 17.0 Å². The molecule has 1 aromatic carbocycles. The standard InChI is InChI=1S/C13H10BrFIN3O3S/c14-4-7-8(15)1-6(2-9(7)16)5-17-19-13-18-12(22)10(23-13)3-11(20)21/h1-2,5,10H,3-4H2,(H,20,21)(H,18,19,22). The number of carboxylic acid groups (broad SMARTS) is 1. The van der Waals surface area contributed by atoms with Crippen LogP contribution < -0.4 is 5.32 Å². The van der Waals surface area contributed by atoms with Gasteiger partial charge in [-0.1, -0.05) is 27.7 Å². The van der Waals surface area contributed by atoms with Crippen molar-refractivity contribution in [3.63, 3.8) is 0 Å². The van der Waals surface area contributed by atoms with Crippen molar-refractivity contribution >= 4 is 73.5 Å². The summed E-state index contributed by atoms with van der Waals surface area (Å²) in [5.41, 5.74) is 1.11. The Hall–Kier alpha value is -1.01. The average molecular weight is 514 g/mol. The molecule has 1 atom stereocenters. The molecule has 1 amide bonds. The molecule has 1 aliphatic rings. The number of halogens is 3. The Morgan fingerprint density at radius 1 is 1.57 bits per heavy atom. The van der Waals surface area contributed by atoms with E-state index in [4.69, 9.17) is 5.11 Å². The summed E-state index contributed by atoms with van der Waals surface area (Å²) in [5, 5.41) is 18.7. The Morgan fingerprint density at radius 3 is 2.91 bits per heavy atom. The molecule has 0 radical (unpaired) electrons. The van der Waals surface area contributed by atoms with E-state index in [2.05, 4.69) is 31.4 Å². The predicted molar refractivity (Wildman–Crippen MR) is 98.6 cm³/mol. The number of rotatable bonds is 5. The molecular weight excluding hydrogens is 504 g/mol. The van der Waals surface area contributed by atoms with E-state index in [0.717, 1.165) is 15.3 Å². The minimum absolute atomic E-state index is 0.227. The van der Waals surface area contributed by atoms with E-state index in [0.29, 0.717) is 16.5 Å². The lowest BCUT2D eigenvalue weighted by molar-refractivity contribution is -0.138. The third kappa shape index (κ3) is 4.98. The number of benzene rings is 1. The van der Waals surface area contributed by atoms with Crippen LogP contribution in [0.3, 0.4) is 0 Å². The van der Waals surface area contributed by atoms with Crippen LogP contribution >= 0.6 is 50.3 Å². The second kappa shape index (κ2) is 8.20. The summed E-state index contributed by atoms with van der Waals surface area (Å²) in [7, 11) is 0. The number of nitrogens with zero attached hydrogens (tertiary/aromatic N) is 2. The van der Waals surface area contributed by atoms with Gasteiger partial charge in [-0.25, -0.2) is 4.39 Å². The quantitative estimate of drug-likeness (QED) is 0.274. The summed E-state index contributed by atoms with van der Waals surface area (Å²) in [4.78, 5) is 22.2. The molecular formula is C13H10BrFIN3O3S. The van der Waals surface area contributed by atoms with E-state index in [1.165, 1.54) is 12.3 Å². The molecule has 0 aromatic heterocycles. The van der Waals surface area contributed by atoms with Crippen LogP contribution in [-0.4, -0.2) is 33.6 Å². The van der Waals surface area contributed by atoms with E-state index < -0.39 is 17.1 Å². The minimum Gasteiger partial charge on any atom is -0.481 e. The molecule has 1 heterocycles. The fraction of sp³-hybridized carbons (Fsp3) is 0.231. The SMILES string of the molecule is O=C(O)CC1SC(=NN=Cc2cc(F)c(CBr)c(I)c2)NC1=O. The maximum Gasteiger partial charge on any atom is 0.305 e. The maximum atomic E-state index is 13.8. The number of nitrogens with one attached hydrogen (secondary N) is 1. The van der Waals surface area contributed by atoms with Crippen molar-refractivity contribution in [2.24, 2.45) is 10.2 Å². The summed E-state index contributed by atoms with van der Waals surface area (Å²) in [5.74, 6) is -1.80. The van der Waals surface area contributed by atoms with Gasteiger partial charge in [0.05, 0.1) is 12.6 Å². The molecule has 1 aromatic rings. The van der Waals surface area contributed by atoms with Crippen LogP contribution in [0, 0.1) is 9.39 Å². The predicted octanol–water partition coefficient (Wildman–Crippen LogP) is 2.72. The van der Waals surface area contributed by atoms with Crippen LogP contribution in [0.5, 0.6) is 0 Å². The lowest BCUT2D eigenvalue weighted by Crippen LogP contribution is -2.26. The Morgan fingerprint density at radius 2 is 2.30 bits per heavy atom. The van der Waals surface area contributed by atoms with Gasteiger partial charge in [-0.15, -0.1) is 5.10 Å². The second-order valence-electron chi connectivity index (χ2n) is 4.44. The number of alkyl halides is 1. The normalized spacial score (nSPS) is 19.5. The highest BCUT2D eigenvalue weighted by Crippen LogP contribution is 2.23. The van der Waals surface area contributed by atoms with Gasteiger partial charge in [0.2, 0.25) is 5.91 Å². The molecule has 2 N–H and O–H groups in total. The Bertz CT molecular complexity index is 691. The van der Waals surface area contributed by atoms with Crippen molar-refractivity contribution in [1.29, 1.82) is 0 Å². The molecule has 0 aliphatic carbocycles. The van der Waals surface area contributed by atoms with E-state index in [-0.39, 0.29) is 17.4 Å². The van der Waals surface area contributed by atoms with Gasteiger partial charge < -0.3 is 10.4 Å². The molecule has 23 heavy (non-hydrogen) atoms. The molecule has 10 heteroatoms. The number of hydrogen-bond acceptors (Lipinski definition) is 5. The Labute approximate surface area is 157 Å². The zero-order chi connectivity index (χ0) is 17.0. The van der Waals surface area contributed by atoms with Gasteiger partial charge in [0.1, 0.15) is 11.1 Å². The second-order valence-corrected chi connectivity index (χ2v) is 7.35. The lowest BCUT2D eigenvalue weighted by Gasteiger charge is -2.03. The largest absolute Gasteiger partial charge is 0.481 e. The molecule has 2 rings (SSSR count). The van der Waals surface area contributed by atoms with E-state index >= 15 is 0 Å². The summed E-state index contributed by atoms with van der Waals surface area (Å²) in [6.07, 6.45) is 1.09. The van der Waals surface area contributed by atoms with Crippen LogP contribution in [-0.2, 0) is 14.9 Å². The van der Waals surface area contributed by atoms with E-state index in [9.17, 15) is 14.0 Å². The molecule has 0 spiro atoms. The monoisotopic (exact) mass is 513 g/mol.